The van der Waals surface area contributed by atoms with Gasteiger partial charge in [0.25, 0.3) is 5.91 Å². The molecule has 0 saturated heterocycles. The molecule has 0 heterocycles. The molecule has 1 amide bonds. The number of hydrogen-bond donors (Lipinski definition) is 2. The van der Waals surface area contributed by atoms with Gasteiger partial charge >= 0.3 is 0 Å². The molecule has 3 nitrogen and oxygen atoms in total. The maximum Gasteiger partial charge on any atom is 0.251 e. The number of benzene rings is 1. The molecule has 0 radical (unpaired) electrons. The van der Waals surface area contributed by atoms with E-state index in [9.17, 15) is 4.79 Å². The maximum atomic E-state index is 11.7. The normalized spacial score (nSPS) is 21.6. The zero-order valence-electron chi connectivity index (χ0n) is 13.3. The van der Waals surface area contributed by atoms with Crippen LogP contribution in [0.5, 0.6) is 0 Å². The van der Waals surface area contributed by atoms with Gasteiger partial charge in [0.2, 0.25) is 0 Å². The highest BCUT2D eigenvalue weighted by Gasteiger charge is 2.17. The van der Waals surface area contributed by atoms with Gasteiger partial charge in [0, 0.05) is 24.3 Å². The van der Waals surface area contributed by atoms with Gasteiger partial charge in [-0.3, -0.25) is 4.79 Å². The fraction of sp³-hybridized carbons (Fsp3) is 0.500. The van der Waals surface area contributed by atoms with Crippen LogP contribution in [0.4, 0.5) is 5.69 Å². The van der Waals surface area contributed by atoms with Crippen LogP contribution in [0.3, 0.4) is 0 Å². The Bertz CT molecular complexity index is 504. The first-order valence-electron chi connectivity index (χ1n) is 7.88. The monoisotopic (exact) mass is 286 g/mol. The minimum absolute atomic E-state index is 0.00841. The minimum Gasteiger partial charge on any atom is -0.385 e. The second-order valence-electron chi connectivity index (χ2n) is 6.11. The first-order valence-corrected chi connectivity index (χ1v) is 7.88. The summed E-state index contributed by atoms with van der Waals surface area (Å²) >= 11 is 0. The van der Waals surface area contributed by atoms with Crippen molar-refractivity contribution in [3.63, 3.8) is 0 Å². The molecule has 2 atom stereocenters. The van der Waals surface area contributed by atoms with Crippen LogP contribution in [0.25, 0.3) is 0 Å². The molecule has 1 aliphatic rings. The van der Waals surface area contributed by atoms with E-state index in [0.29, 0.717) is 23.9 Å². The van der Waals surface area contributed by atoms with Crippen molar-refractivity contribution in [1.29, 1.82) is 0 Å². The van der Waals surface area contributed by atoms with Gasteiger partial charge in [0.15, 0.2) is 0 Å². The van der Waals surface area contributed by atoms with E-state index in [1.807, 2.05) is 31.2 Å². The van der Waals surface area contributed by atoms with Crippen LogP contribution in [-0.2, 0) is 0 Å². The molecule has 2 N–H and O–H groups in total. The molecule has 0 spiro atoms. The molecule has 1 aliphatic carbocycles. The lowest BCUT2D eigenvalue weighted by Crippen LogP contribution is -2.22. The molecule has 0 bridgehead atoms. The quantitative estimate of drug-likeness (QED) is 0.807. The average molecular weight is 286 g/mol. The third-order valence-electron chi connectivity index (χ3n) is 3.96. The van der Waals surface area contributed by atoms with Crippen molar-refractivity contribution in [2.24, 2.45) is 11.8 Å². The molecule has 21 heavy (non-hydrogen) atoms. The Morgan fingerprint density at radius 1 is 1.29 bits per heavy atom. The van der Waals surface area contributed by atoms with Gasteiger partial charge in [-0.2, -0.15) is 0 Å². The standard InChI is InChI=1S/C18H26N2O/c1-4-19-18(21)16-5-7-17(8-6-16)20-12-15-10-13(2)9-14(3)11-15/h5-9,13,15,20H,4,10-12H2,1-3H3,(H,19,21). The molecule has 1 aromatic carbocycles. The van der Waals surface area contributed by atoms with Crippen molar-refractivity contribution in [1.82, 2.24) is 5.32 Å². The van der Waals surface area contributed by atoms with Crippen LogP contribution in [-0.4, -0.2) is 19.0 Å². The molecule has 1 aromatic rings. The maximum absolute atomic E-state index is 11.7. The Morgan fingerprint density at radius 2 is 2.00 bits per heavy atom. The summed E-state index contributed by atoms with van der Waals surface area (Å²) in [5.74, 6) is 1.38. The fourth-order valence-corrected chi connectivity index (χ4v) is 3.11. The molecule has 3 heteroatoms. The molecule has 114 valence electrons. The summed E-state index contributed by atoms with van der Waals surface area (Å²) in [4.78, 5) is 11.7. The summed E-state index contributed by atoms with van der Waals surface area (Å²) in [6, 6.07) is 7.73. The predicted octanol–water partition coefficient (Wildman–Crippen LogP) is 3.84. The summed E-state index contributed by atoms with van der Waals surface area (Å²) in [6.07, 6.45) is 4.83. The third-order valence-corrected chi connectivity index (χ3v) is 3.96. The Labute approximate surface area is 127 Å². The summed E-state index contributed by atoms with van der Waals surface area (Å²) in [7, 11) is 0. The van der Waals surface area contributed by atoms with Gasteiger partial charge in [-0.25, -0.2) is 0 Å². The summed E-state index contributed by atoms with van der Waals surface area (Å²) in [5.41, 5.74) is 3.31. The van der Waals surface area contributed by atoms with Crippen LogP contribution < -0.4 is 10.6 Å². The Kier molecular flexibility index (Phi) is 5.43. The summed E-state index contributed by atoms with van der Waals surface area (Å²) < 4.78 is 0. The van der Waals surface area contributed by atoms with Crippen molar-refractivity contribution in [3.8, 4) is 0 Å². The van der Waals surface area contributed by atoms with Crippen molar-refractivity contribution in [2.45, 2.75) is 33.6 Å². The molecule has 0 saturated carbocycles. The number of carbonyl (C=O) groups excluding carboxylic acids is 1. The number of hydrogen-bond acceptors (Lipinski definition) is 2. The van der Waals surface area contributed by atoms with E-state index < -0.39 is 0 Å². The topological polar surface area (TPSA) is 41.1 Å². The highest BCUT2D eigenvalue weighted by Crippen LogP contribution is 2.28. The van der Waals surface area contributed by atoms with E-state index in [2.05, 4.69) is 30.6 Å². The lowest BCUT2D eigenvalue weighted by Gasteiger charge is -2.26. The Balaban J connectivity index is 1.86. The molecule has 0 fully saturated rings. The number of allylic oxidation sites excluding steroid dienone is 2. The van der Waals surface area contributed by atoms with E-state index in [1.165, 1.54) is 18.4 Å². The van der Waals surface area contributed by atoms with Crippen molar-refractivity contribution in [2.75, 3.05) is 18.4 Å². The molecule has 0 aromatic heterocycles. The second-order valence-corrected chi connectivity index (χ2v) is 6.11. The second kappa shape index (κ2) is 7.30. The highest BCUT2D eigenvalue weighted by molar-refractivity contribution is 5.94. The Morgan fingerprint density at radius 3 is 2.62 bits per heavy atom. The van der Waals surface area contributed by atoms with Gasteiger partial charge in [-0.1, -0.05) is 18.6 Å². The van der Waals surface area contributed by atoms with Crippen LogP contribution >= 0.6 is 0 Å². The van der Waals surface area contributed by atoms with Crippen LogP contribution in [0.1, 0.15) is 44.0 Å². The van der Waals surface area contributed by atoms with E-state index in [0.717, 1.165) is 12.2 Å². The zero-order valence-corrected chi connectivity index (χ0v) is 13.3. The third kappa shape index (κ3) is 4.62. The van der Waals surface area contributed by atoms with Gasteiger partial charge in [-0.15, -0.1) is 0 Å². The first kappa shape index (κ1) is 15.6. The fourth-order valence-electron chi connectivity index (χ4n) is 3.11. The van der Waals surface area contributed by atoms with Crippen molar-refractivity contribution in [3.05, 3.63) is 41.5 Å². The minimum atomic E-state index is -0.00841. The number of rotatable bonds is 5. The number of anilines is 1. The van der Waals surface area contributed by atoms with E-state index in [4.69, 9.17) is 0 Å². The molecule has 2 rings (SSSR count). The van der Waals surface area contributed by atoms with E-state index in [1.54, 1.807) is 0 Å². The first-order chi connectivity index (χ1) is 10.1. The van der Waals surface area contributed by atoms with E-state index >= 15 is 0 Å². The van der Waals surface area contributed by atoms with Crippen molar-refractivity contribution >= 4 is 11.6 Å². The molecular weight excluding hydrogens is 260 g/mol. The zero-order chi connectivity index (χ0) is 15.2. The lowest BCUT2D eigenvalue weighted by molar-refractivity contribution is 0.0956. The van der Waals surface area contributed by atoms with Crippen molar-refractivity contribution < 1.29 is 4.79 Å². The average Bonchev–Trinajstić information content (AvgIpc) is 2.45. The SMILES string of the molecule is CCNC(=O)c1ccc(NCC2CC(C)=CC(C)C2)cc1. The Hall–Kier alpha value is -1.77. The smallest absolute Gasteiger partial charge is 0.251 e. The highest BCUT2D eigenvalue weighted by atomic mass is 16.1. The summed E-state index contributed by atoms with van der Waals surface area (Å²) in [5, 5.41) is 6.30. The number of amides is 1. The molecule has 2 unspecified atom stereocenters. The van der Waals surface area contributed by atoms with Crippen LogP contribution in [0, 0.1) is 11.8 Å². The number of nitrogens with one attached hydrogen (secondary N) is 2. The van der Waals surface area contributed by atoms with Gasteiger partial charge in [0.05, 0.1) is 0 Å². The van der Waals surface area contributed by atoms with E-state index in [-0.39, 0.29) is 5.91 Å². The molecular formula is C18H26N2O. The predicted molar refractivity (Wildman–Crippen MR) is 88.6 cm³/mol. The van der Waals surface area contributed by atoms with Gasteiger partial charge in [0.1, 0.15) is 0 Å². The number of carbonyl (C=O) groups is 1. The lowest BCUT2D eigenvalue weighted by atomic mass is 9.84. The molecule has 0 aliphatic heterocycles. The van der Waals surface area contributed by atoms with Crippen LogP contribution in [0.2, 0.25) is 0 Å². The summed E-state index contributed by atoms with van der Waals surface area (Å²) in [6.45, 7) is 8.09. The van der Waals surface area contributed by atoms with Gasteiger partial charge < -0.3 is 10.6 Å². The van der Waals surface area contributed by atoms with Gasteiger partial charge in [-0.05, 0) is 62.8 Å². The largest absolute Gasteiger partial charge is 0.385 e. The van der Waals surface area contributed by atoms with Crippen LogP contribution in [0.15, 0.2) is 35.9 Å².